The van der Waals surface area contributed by atoms with Gasteiger partial charge in [0.1, 0.15) is 0 Å². The zero-order valence-electron chi connectivity index (χ0n) is 16.6. The zero-order chi connectivity index (χ0) is 22.5. The van der Waals surface area contributed by atoms with Crippen LogP contribution in [0, 0.1) is 10.5 Å². The van der Waals surface area contributed by atoms with Crippen molar-refractivity contribution >= 4 is 74.8 Å². The van der Waals surface area contributed by atoms with Crippen LogP contribution in [0.2, 0.25) is 5.02 Å². The Bertz CT molecular complexity index is 1100. The SMILES string of the molecule is CCOc1cc(/C=C2\SC(=Nc3ccc(Cl)cc3C)NC2=O)cc(I)c1OCC(=O)O. The minimum atomic E-state index is -1.08. The molecule has 2 aromatic carbocycles. The fraction of sp³-hybridized carbons (Fsp3) is 0.190. The Hall–Kier alpha value is -2.24. The third kappa shape index (κ3) is 6.14. The van der Waals surface area contributed by atoms with Crippen molar-refractivity contribution in [2.24, 2.45) is 4.99 Å². The van der Waals surface area contributed by atoms with E-state index in [4.69, 9.17) is 26.2 Å². The van der Waals surface area contributed by atoms with Crippen LogP contribution in [-0.4, -0.2) is 35.4 Å². The highest BCUT2D eigenvalue weighted by Crippen LogP contribution is 2.36. The van der Waals surface area contributed by atoms with Gasteiger partial charge in [-0.05, 0) is 95.7 Å². The van der Waals surface area contributed by atoms with Gasteiger partial charge in [-0.2, -0.15) is 0 Å². The Morgan fingerprint density at radius 2 is 2.10 bits per heavy atom. The zero-order valence-corrected chi connectivity index (χ0v) is 20.3. The molecule has 2 aromatic rings. The van der Waals surface area contributed by atoms with Crippen molar-refractivity contribution < 1.29 is 24.2 Å². The first-order valence-corrected chi connectivity index (χ1v) is 11.4. The van der Waals surface area contributed by atoms with Gasteiger partial charge in [0, 0.05) is 5.02 Å². The first-order chi connectivity index (χ1) is 14.8. The number of hydrogen-bond donors (Lipinski definition) is 2. The van der Waals surface area contributed by atoms with Gasteiger partial charge in [0.05, 0.1) is 20.8 Å². The van der Waals surface area contributed by atoms with E-state index in [1.165, 1.54) is 11.8 Å². The molecule has 1 saturated heterocycles. The molecule has 0 atom stereocenters. The molecule has 1 aliphatic heterocycles. The van der Waals surface area contributed by atoms with E-state index in [9.17, 15) is 9.59 Å². The molecule has 3 rings (SSSR count). The van der Waals surface area contributed by atoms with Gasteiger partial charge in [-0.1, -0.05) is 11.6 Å². The number of carbonyl (C=O) groups is 2. The fourth-order valence-corrected chi connectivity index (χ4v) is 4.54. The summed E-state index contributed by atoms with van der Waals surface area (Å²) in [6.45, 7) is 3.63. The number of nitrogens with one attached hydrogen (secondary N) is 1. The molecule has 0 spiro atoms. The molecule has 0 bridgehead atoms. The number of thioether (sulfide) groups is 1. The van der Waals surface area contributed by atoms with Crippen molar-refractivity contribution in [2.75, 3.05) is 13.2 Å². The van der Waals surface area contributed by atoms with E-state index in [0.717, 1.165) is 16.8 Å². The second-order valence-corrected chi connectivity index (χ2v) is 8.99. The summed E-state index contributed by atoms with van der Waals surface area (Å²) in [7, 11) is 0. The van der Waals surface area contributed by atoms with Crippen LogP contribution < -0.4 is 14.8 Å². The number of hydrogen-bond acceptors (Lipinski definition) is 6. The highest BCUT2D eigenvalue weighted by atomic mass is 127. The molecule has 1 fully saturated rings. The summed E-state index contributed by atoms with van der Waals surface area (Å²) in [6.07, 6.45) is 1.73. The van der Waals surface area contributed by atoms with E-state index in [0.29, 0.717) is 36.8 Å². The monoisotopic (exact) mass is 572 g/mol. The molecule has 0 saturated carbocycles. The van der Waals surface area contributed by atoms with Crippen molar-refractivity contribution in [3.05, 3.63) is 55.0 Å². The summed E-state index contributed by atoms with van der Waals surface area (Å²) in [4.78, 5) is 28.3. The van der Waals surface area contributed by atoms with Crippen LogP contribution in [0.1, 0.15) is 18.1 Å². The third-order valence-corrected chi connectivity index (χ3v) is 5.95. The topological polar surface area (TPSA) is 97.2 Å². The van der Waals surface area contributed by atoms with Crippen LogP contribution >= 0.6 is 46.0 Å². The Morgan fingerprint density at radius 3 is 2.77 bits per heavy atom. The van der Waals surface area contributed by atoms with Crippen LogP contribution in [0.4, 0.5) is 5.69 Å². The number of benzene rings is 2. The van der Waals surface area contributed by atoms with Gasteiger partial charge in [-0.25, -0.2) is 9.79 Å². The molecule has 0 aromatic heterocycles. The number of carbonyl (C=O) groups excluding carboxylic acids is 1. The molecule has 0 unspecified atom stereocenters. The summed E-state index contributed by atoms with van der Waals surface area (Å²) in [5, 5.41) is 12.7. The maximum absolute atomic E-state index is 12.4. The van der Waals surface area contributed by atoms with E-state index in [1.54, 1.807) is 30.3 Å². The van der Waals surface area contributed by atoms with E-state index in [-0.39, 0.29) is 5.91 Å². The summed E-state index contributed by atoms with van der Waals surface area (Å²) in [5.74, 6) is -0.562. The van der Waals surface area contributed by atoms with E-state index in [1.807, 2.05) is 42.5 Å². The molecular formula is C21H18ClIN2O5S. The number of carboxylic acids is 1. The number of amides is 1. The van der Waals surface area contributed by atoms with Gasteiger partial charge in [0.15, 0.2) is 23.3 Å². The number of aryl methyl sites for hydroxylation is 1. The van der Waals surface area contributed by atoms with Crippen molar-refractivity contribution in [1.29, 1.82) is 0 Å². The summed E-state index contributed by atoms with van der Waals surface area (Å²) in [5.41, 5.74) is 2.35. The minimum absolute atomic E-state index is 0.255. The fourth-order valence-electron chi connectivity index (χ4n) is 2.69. The third-order valence-electron chi connectivity index (χ3n) is 4.00. The van der Waals surface area contributed by atoms with Crippen LogP contribution in [0.5, 0.6) is 11.5 Å². The Kier molecular flexibility index (Phi) is 7.84. The maximum Gasteiger partial charge on any atom is 0.341 e. The molecular weight excluding hydrogens is 555 g/mol. The van der Waals surface area contributed by atoms with Gasteiger partial charge in [-0.15, -0.1) is 0 Å². The largest absolute Gasteiger partial charge is 0.490 e. The second kappa shape index (κ2) is 10.4. The van der Waals surface area contributed by atoms with Crippen LogP contribution in [-0.2, 0) is 9.59 Å². The Labute approximate surface area is 202 Å². The highest BCUT2D eigenvalue weighted by molar-refractivity contribution is 14.1. The minimum Gasteiger partial charge on any atom is -0.490 e. The van der Waals surface area contributed by atoms with Gasteiger partial charge in [0.2, 0.25) is 0 Å². The standard InChI is InChI=1S/C21H18ClIN2O5S/c1-3-29-16-8-12(7-14(23)19(16)30-10-18(26)27)9-17-20(28)25-21(31-17)24-15-5-4-13(22)6-11(15)2/h4-9H,3,10H2,1-2H3,(H,26,27)(H,24,25,28)/b17-9-. The second-order valence-electron chi connectivity index (χ2n) is 6.36. The average Bonchev–Trinajstić information content (AvgIpc) is 3.02. The van der Waals surface area contributed by atoms with Crippen LogP contribution in [0.3, 0.4) is 0 Å². The average molecular weight is 573 g/mol. The lowest BCUT2D eigenvalue weighted by atomic mass is 10.2. The molecule has 162 valence electrons. The summed E-state index contributed by atoms with van der Waals surface area (Å²) in [6, 6.07) is 8.86. The molecule has 2 N–H and O–H groups in total. The Balaban J connectivity index is 1.87. The normalized spacial score (nSPS) is 15.9. The predicted molar refractivity (Wildman–Crippen MR) is 130 cm³/mol. The number of aliphatic imine (C=N–C) groups is 1. The quantitative estimate of drug-likeness (QED) is 0.358. The molecule has 1 heterocycles. The number of nitrogens with zero attached hydrogens (tertiary/aromatic N) is 1. The van der Waals surface area contributed by atoms with Crippen molar-refractivity contribution in [1.82, 2.24) is 5.32 Å². The lowest BCUT2D eigenvalue weighted by molar-refractivity contribution is -0.139. The lowest BCUT2D eigenvalue weighted by Crippen LogP contribution is -2.19. The van der Waals surface area contributed by atoms with Gasteiger partial charge in [0.25, 0.3) is 5.91 Å². The Morgan fingerprint density at radius 1 is 1.32 bits per heavy atom. The molecule has 0 aliphatic carbocycles. The number of carboxylic acid groups (broad SMARTS) is 1. The predicted octanol–water partition coefficient (Wildman–Crippen LogP) is 5.01. The molecule has 1 amide bonds. The first-order valence-electron chi connectivity index (χ1n) is 9.13. The number of aliphatic carboxylic acids is 1. The molecule has 0 radical (unpaired) electrons. The van der Waals surface area contributed by atoms with Crippen LogP contribution in [0.15, 0.2) is 40.2 Å². The summed E-state index contributed by atoms with van der Waals surface area (Å²) < 4.78 is 11.6. The number of rotatable bonds is 7. The van der Waals surface area contributed by atoms with Gasteiger partial charge >= 0.3 is 5.97 Å². The molecule has 31 heavy (non-hydrogen) atoms. The van der Waals surface area contributed by atoms with E-state index >= 15 is 0 Å². The number of ether oxygens (including phenoxy) is 2. The van der Waals surface area contributed by atoms with E-state index in [2.05, 4.69) is 10.3 Å². The maximum atomic E-state index is 12.4. The lowest BCUT2D eigenvalue weighted by Gasteiger charge is -2.13. The van der Waals surface area contributed by atoms with E-state index < -0.39 is 12.6 Å². The van der Waals surface area contributed by atoms with Crippen LogP contribution in [0.25, 0.3) is 6.08 Å². The molecule has 1 aliphatic rings. The van der Waals surface area contributed by atoms with Crippen molar-refractivity contribution in [3.8, 4) is 11.5 Å². The van der Waals surface area contributed by atoms with Crippen molar-refractivity contribution in [3.63, 3.8) is 0 Å². The molecule has 10 heteroatoms. The van der Waals surface area contributed by atoms with Gasteiger partial charge < -0.3 is 19.9 Å². The first kappa shape index (κ1) is 23.4. The number of amidine groups is 1. The number of halogens is 2. The smallest absolute Gasteiger partial charge is 0.341 e. The van der Waals surface area contributed by atoms with Gasteiger partial charge in [-0.3, -0.25) is 4.79 Å². The highest BCUT2D eigenvalue weighted by Gasteiger charge is 2.24. The summed E-state index contributed by atoms with van der Waals surface area (Å²) >= 11 is 9.26. The molecule has 7 nitrogen and oxygen atoms in total. The van der Waals surface area contributed by atoms with Crippen molar-refractivity contribution in [2.45, 2.75) is 13.8 Å².